The topological polar surface area (TPSA) is 45.1 Å². The van der Waals surface area contributed by atoms with E-state index in [1.165, 1.54) is 6.42 Å². The number of rotatable bonds is 3. The highest BCUT2D eigenvalue weighted by molar-refractivity contribution is 7.09. The van der Waals surface area contributed by atoms with Crippen molar-refractivity contribution < 1.29 is 5.11 Å². The van der Waals surface area contributed by atoms with Gasteiger partial charge in [0.1, 0.15) is 5.01 Å². The summed E-state index contributed by atoms with van der Waals surface area (Å²) in [6.45, 7) is 4.14. The van der Waals surface area contributed by atoms with Crippen molar-refractivity contribution in [2.45, 2.75) is 57.7 Å². The number of thiazole rings is 1. The molecule has 2 rings (SSSR count). The smallest absolute Gasteiger partial charge is 0.110 e. The highest BCUT2D eigenvalue weighted by Gasteiger charge is 2.25. The minimum Gasteiger partial charge on any atom is -0.392 e. The predicted octanol–water partition coefficient (Wildman–Crippen LogP) is 2.41. The molecule has 2 N–H and O–H groups in total. The van der Waals surface area contributed by atoms with Crippen LogP contribution in [-0.4, -0.2) is 22.2 Å². The number of nitrogens with one attached hydrogen (secondary N) is 1. The Morgan fingerprint density at radius 3 is 2.88 bits per heavy atom. The predicted molar refractivity (Wildman–Crippen MR) is 66.7 cm³/mol. The van der Waals surface area contributed by atoms with Crippen molar-refractivity contribution >= 4 is 11.3 Å². The van der Waals surface area contributed by atoms with Gasteiger partial charge in [-0.1, -0.05) is 12.8 Å². The third kappa shape index (κ3) is 2.81. The van der Waals surface area contributed by atoms with Crippen molar-refractivity contribution in [1.82, 2.24) is 10.3 Å². The lowest BCUT2D eigenvalue weighted by Crippen LogP contribution is -2.43. The molecule has 16 heavy (non-hydrogen) atoms. The van der Waals surface area contributed by atoms with Crippen molar-refractivity contribution in [3.63, 3.8) is 0 Å². The number of aliphatic hydroxyl groups is 1. The van der Waals surface area contributed by atoms with E-state index in [0.717, 1.165) is 30.0 Å². The molecule has 0 spiro atoms. The monoisotopic (exact) mass is 240 g/mol. The molecule has 90 valence electrons. The van der Waals surface area contributed by atoms with Gasteiger partial charge in [0.25, 0.3) is 0 Å². The molecular formula is C12H20N2OS. The number of nitrogens with zero attached hydrogens (tertiary/aromatic N) is 1. The van der Waals surface area contributed by atoms with Gasteiger partial charge in [-0.2, -0.15) is 0 Å². The van der Waals surface area contributed by atoms with E-state index in [9.17, 15) is 5.11 Å². The van der Waals surface area contributed by atoms with Crippen LogP contribution < -0.4 is 5.32 Å². The largest absolute Gasteiger partial charge is 0.392 e. The van der Waals surface area contributed by atoms with Gasteiger partial charge < -0.3 is 10.4 Å². The van der Waals surface area contributed by atoms with E-state index in [1.54, 1.807) is 11.3 Å². The Morgan fingerprint density at radius 2 is 2.25 bits per heavy atom. The van der Waals surface area contributed by atoms with Crippen LogP contribution in [0.3, 0.4) is 0 Å². The number of hydrogen-bond donors (Lipinski definition) is 2. The fourth-order valence-electron chi connectivity index (χ4n) is 2.27. The maximum atomic E-state index is 9.89. The van der Waals surface area contributed by atoms with E-state index >= 15 is 0 Å². The molecular weight excluding hydrogens is 220 g/mol. The first-order chi connectivity index (χ1) is 7.66. The Hall–Kier alpha value is -0.450. The van der Waals surface area contributed by atoms with Crippen LogP contribution >= 0.6 is 11.3 Å². The second kappa shape index (κ2) is 5.25. The van der Waals surface area contributed by atoms with Crippen LogP contribution in [0, 0.1) is 6.92 Å². The van der Waals surface area contributed by atoms with E-state index in [-0.39, 0.29) is 18.2 Å². The van der Waals surface area contributed by atoms with E-state index in [0.29, 0.717) is 0 Å². The third-order valence-corrected chi connectivity index (χ3v) is 4.35. The zero-order valence-corrected chi connectivity index (χ0v) is 10.8. The van der Waals surface area contributed by atoms with Crippen LogP contribution in [0.5, 0.6) is 0 Å². The summed E-state index contributed by atoms with van der Waals surface area (Å²) in [6.07, 6.45) is 4.21. The van der Waals surface area contributed by atoms with Crippen molar-refractivity contribution in [1.29, 1.82) is 0 Å². The molecule has 1 unspecified atom stereocenters. The number of hydrogen-bond acceptors (Lipinski definition) is 4. The average Bonchev–Trinajstić information content (AvgIpc) is 2.68. The Morgan fingerprint density at radius 1 is 1.50 bits per heavy atom. The molecule has 1 aromatic heterocycles. The zero-order chi connectivity index (χ0) is 11.5. The molecule has 1 heterocycles. The molecule has 1 aromatic rings. The van der Waals surface area contributed by atoms with Gasteiger partial charge in [0, 0.05) is 17.1 Å². The molecule has 0 bridgehead atoms. The van der Waals surface area contributed by atoms with E-state index in [1.807, 2.05) is 6.92 Å². The summed E-state index contributed by atoms with van der Waals surface area (Å²) in [4.78, 5) is 4.48. The summed E-state index contributed by atoms with van der Waals surface area (Å²) < 4.78 is 0. The molecule has 1 fully saturated rings. The summed E-state index contributed by atoms with van der Waals surface area (Å²) in [7, 11) is 0. The lowest BCUT2D eigenvalue weighted by atomic mass is 9.92. The summed E-state index contributed by atoms with van der Waals surface area (Å²) in [5.74, 6) is 0. The van der Waals surface area contributed by atoms with Crippen molar-refractivity contribution in [2.75, 3.05) is 0 Å². The van der Waals surface area contributed by atoms with Gasteiger partial charge in [-0.05, 0) is 26.7 Å². The van der Waals surface area contributed by atoms with Gasteiger partial charge in [0.2, 0.25) is 0 Å². The first-order valence-electron chi connectivity index (χ1n) is 6.03. The quantitative estimate of drug-likeness (QED) is 0.853. The zero-order valence-electron chi connectivity index (χ0n) is 9.94. The third-order valence-electron chi connectivity index (χ3n) is 3.20. The average molecular weight is 240 g/mol. The molecule has 1 saturated carbocycles. The minimum atomic E-state index is -0.183. The van der Waals surface area contributed by atoms with Crippen LogP contribution in [0.15, 0.2) is 5.38 Å². The van der Waals surface area contributed by atoms with Gasteiger partial charge >= 0.3 is 0 Å². The molecule has 0 amide bonds. The molecule has 4 heteroatoms. The Balaban J connectivity index is 1.93. The molecule has 0 radical (unpaired) electrons. The Bertz CT molecular complexity index is 340. The Labute approximate surface area is 101 Å². The van der Waals surface area contributed by atoms with Gasteiger partial charge in [-0.3, -0.25) is 0 Å². The molecule has 0 aliphatic heterocycles. The van der Waals surface area contributed by atoms with Gasteiger partial charge in [-0.25, -0.2) is 4.98 Å². The first kappa shape index (κ1) is 12.0. The lowest BCUT2D eigenvalue weighted by molar-refractivity contribution is 0.0859. The van der Waals surface area contributed by atoms with Crippen LogP contribution in [-0.2, 0) is 0 Å². The van der Waals surface area contributed by atoms with E-state index < -0.39 is 0 Å². The maximum absolute atomic E-state index is 9.89. The fraction of sp³-hybridized carbons (Fsp3) is 0.750. The summed E-state index contributed by atoms with van der Waals surface area (Å²) in [5.41, 5.74) is 1.08. The number of aliphatic hydroxyl groups excluding tert-OH is 1. The molecule has 3 nitrogen and oxygen atoms in total. The molecule has 3 atom stereocenters. The SMILES string of the molecule is Cc1csc(C(C)N[C@H]2CCCC[C@@H]2O)n1. The lowest BCUT2D eigenvalue weighted by Gasteiger charge is -2.30. The highest BCUT2D eigenvalue weighted by Crippen LogP contribution is 2.23. The van der Waals surface area contributed by atoms with Gasteiger partial charge in [-0.15, -0.1) is 11.3 Å². The number of aromatic nitrogens is 1. The molecule has 0 aromatic carbocycles. The van der Waals surface area contributed by atoms with Crippen molar-refractivity contribution in [3.8, 4) is 0 Å². The van der Waals surface area contributed by atoms with Gasteiger partial charge in [0.15, 0.2) is 0 Å². The number of aryl methyl sites for hydroxylation is 1. The first-order valence-corrected chi connectivity index (χ1v) is 6.91. The summed E-state index contributed by atoms with van der Waals surface area (Å²) >= 11 is 1.69. The minimum absolute atomic E-state index is 0.183. The second-order valence-electron chi connectivity index (χ2n) is 4.67. The second-order valence-corrected chi connectivity index (χ2v) is 5.56. The maximum Gasteiger partial charge on any atom is 0.110 e. The van der Waals surface area contributed by atoms with Gasteiger partial charge in [0.05, 0.1) is 12.1 Å². The molecule has 1 aliphatic rings. The van der Waals surface area contributed by atoms with Crippen molar-refractivity contribution in [2.24, 2.45) is 0 Å². The van der Waals surface area contributed by atoms with E-state index in [2.05, 4.69) is 22.6 Å². The van der Waals surface area contributed by atoms with Crippen LogP contribution in [0.4, 0.5) is 0 Å². The normalized spacial score (nSPS) is 27.9. The van der Waals surface area contributed by atoms with Crippen LogP contribution in [0.25, 0.3) is 0 Å². The highest BCUT2D eigenvalue weighted by atomic mass is 32.1. The van der Waals surface area contributed by atoms with E-state index in [4.69, 9.17) is 0 Å². The summed E-state index contributed by atoms with van der Waals surface area (Å²) in [5, 5.41) is 16.6. The fourth-order valence-corrected chi connectivity index (χ4v) is 3.08. The van der Waals surface area contributed by atoms with Crippen LogP contribution in [0.2, 0.25) is 0 Å². The standard InChI is InChI=1S/C12H20N2OS/c1-8-7-16-12(13-8)9(2)14-10-5-3-4-6-11(10)15/h7,9-11,14-15H,3-6H2,1-2H3/t9?,10-,11-/m0/s1. The Kier molecular flexibility index (Phi) is 3.95. The molecule has 1 aliphatic carbocycles. The van der Waals surface area contributed by atoms with Crippen LogP contribution in [0.1, 0.15) is 49.4 Å². The summed E-state index contributed by atoms with van der Waals surface area (Å²) in [6, 6.07) is 0.490. The van der Waals surface area contributed by atoms with Crippen molar-refractivity contribution in [3.05, 3.63) is 16.1 Å². The molecule has 0 saturated heterocycles.